The summed E-state index contributed by atoms with van der Waals surface area (Å²) >= 11 is 0. The average Bonchev–Trinajstić information content (AvgIpc) is 3.37. The zero-order valence-electron chi connectivity index (χ0n) is 47.2. The van der Waals surface area contributed by atoms with E-state index >= 15 is 0 Å². The van der Waals surface area contributed by atoms with E-state index in [1.165, 1.54) is 186 Å². The predicted molar refractivity (Wildman–Crippen MR) is 307 cm³/mol. The first-order valence-electron chi connectivity index (χ1n) is 30.8. The molecule has 0 fully saturated rings. The van der Waals surface area contributed by atoms with Crippen molar-refractivity contribution in [3.05, 3.63) is 60.8 Å². The van der Waals surface area contributed by atoms with Crippen LogP contribution in [0.4, 0.5) is 0 Å². The lowest BCUT2D eigenvalue weighted by molar-refractivity contribution is -0.167. The van der Waals surface area contributed by atoms with Gasteiger partial charge < -0.3 is 14.2 Å². The molecule has 0 bridgehead atoms. The molecule has 0 saturated carbocycles. The third-order valence-electron chi connectivity index (χ3n) is 13.4. The van der Waals surface area contributed by atoms with Crippen molar-refractivity contribution in [1.29, 1.82) is 0 Å². The molecule has 0 aliphatic heterocycles. The molecule has 0 aliphatic carbocycles. The Morgan fingerprint density at radius 2 is 0.535 bits per heavy atom. The highest BCUT2D eigenvalue weighted by atomic mass is 16.6. The molecule has 0 aromatic rings. The summed E-state index contributed by atoms with van der Waals surface area (Å²) in [7, 11) is 0. The molecular weight excluding hydrogens is 877 g/mol. The Bertz CT molecular complexity index is 1280. The molecule has 0 heterocycles. The van der Waals surface area contributed by atoms with Crippen LogP contribution in [-0.2, 0) is 28.6 Å². The van der Waals surface area contributed by atoms with Crippen LogP contribution in [0.2, 0.25) is 0 Å². The highest BCUT2D eigenvalue weighted by molar-refractivity contribution is 5.71. The Kier molecular flexibility index (Phi) is 57.2. The van der Waals surface area contributed by atoms with Crippen molar-refractivity contribution in [3.63, 3.8) is 0 Å². The van der Waals surface area contributed by atoms with E-state index in [0.717, 1.165) is 89.9 Å². The van der Waals surface area contributed by atoms with Crippen LogP contribution in [0.3, 0.4) is 0 Å². The minimum Gasteiger partial charge on any atom is -0.462 e. The van der Waals surface area contributed by atoms with E-state index in [1.807, 2.05) is 0 Å². The van der Waals surface area contributed by atoms with Crippen LogP contribution in [0.25, 0.3) is 0 Å². The summed E-state index contributed by atoms with van der Waals surface area (Å²) in [6.07, 6.45) is 75.0. The van der Waals surface area contributed by atoms with E-state index in [0.29, 0.717) is 19.3 Å². The second kappa shape index (κ2) is 59.7. The summed E-state index contributed by atoms with van der Waals surface area (Å²) in [5, 5.41) is 0. The van der Waals surface area contributed by atoms with Crippen molar-refractivity contribution in [2.45, 2.75) is 322 Å². The van der Waals surface area contributed by atoms with Gasteiger partial charge in [-0.1, -0.05) is 255 Å². The molecule has 0 spiro atoms. The lowest BCUT2D eigenvalue weighted by Crippen LogP contribution is -2.30. The molecule has 0 aromatic heterocycles. The minimum absolute atomic E-state index is 0.0802. The summed E-state index contributed by atoms with van der Waals surface area (Å²) < 4.78 is 16.9. The first-order chi connectivity index (χ1) is 35.0. The Morgan fingerprint density at radius 1 is 0.282 bits per heavy atom. The van der Waals surface area contributed by atoms with Gasteiger partial charge in [0.2, 0.25) is 0 Å². The maximum atomic E-state index is 12.9. The van der Waals surface area contributed by atoms with Gasteiger partial charge in [0.05, 0.1) is 0 Å². The molecule has 6 nitrogen and oxygen atoms in total. The van der Waals surface area contributed by atoms with Crippen molar-refractivity contribution in [2.24, 2.45) is 0 Å². The van der Waals surface area contributed by atoms with E-state index in [1.54, 1.807) is 0 Å². The third kappa shape index (κ3) is 57.9. The van der Waals surface area contributed by atoms with E-state index in [9.17, 15) is 14.4 Å². The van der Waals surface area contributed by atoms with Crippen LogP contribution < -0.4 is 0 Å². The molecule has 0 radical (unpaired) electrons. The predicted octanol–water partition coefficient (Wildman–Crippen LogP) is 20.8. The van der Waals surface area contributed by atoms with E-state index < -0.39 is 6.10 Å². The van der Waals surface area contributed by atoms with Crippen LogP contribution in [0.1, 0.15) is 316 Å². The number of esters is 3. The quantitative estimate of drug-likeness (QED) is 0.0261. The third-order valence-corrected chi connectivity index (χ3v) is 13.4. The number of carbonyl (C=O) groups is 3. The van der Waals surface area contributed by atoms with Gasteiger partial charge in [-0.15, -0.1) is 0 Å². The molecule has 0 rings (SSSR count). The summed E-state index contributed by atoms with van der Waals surface area (Å²) in [6, 6.07) is 0. The van der Waals surface area contributed by atoms with E-state index in [-0.39, 0.29) is 31.1 Å². The molecule has 71 heavy (non-hydrogen) atoms. The van der Waals surface area contributed by atoms with Gasteiger partial charge in [0, 0.05) is 19.3 Å². The van der Waals surface area contributed by atoms with Crippen molar-refractivity contribution in [2.75, 3.05) is 13.2 Å². The topological polar surface area (TPSA) is 78.9 Å². The van der Waals surface area contributed by atoms with Crippen LogP contribution in [0, 0.1) is 0 Å². The number of rotatable bonds is 56. The highest BCUT2D eigenvalue weighted by Crippen LogP contribution is 2.16. The second-order valence-electron chi connectivity index (χ2n) is 20.6. The number of allylic oxidation sites excluding steroid dienone is 10. The summed E-state index contributed by atoms with van der Waals surface area (Å²) in [6.45, 7) is 6.57. The Morgan fingerprint density at radius 3 is 0.873 bits per heavy atom. The number of carbonyl (C=O) groups excluding carboxylic acids is 3. The Hall–Kier alpha value is -2.89. The van der Waals surface area contributed by atoms with Gasteiger partial charge in [-0.2, -0.15) is 0 Å². The van der Waals surface area contributed by atoms with Gasteiger partial charge in [-0.25, -0.2) is 0 Å². The lowest BCUT2D eigenvalue weighted by atomic mass is 10.1. The Labute approximate surface area is 440 Å². The van der Waals surface area contributed by atoms with Crippen molar-refractivity contribution < 1.29 is 28.6 Å². The number of hydrogen-bond donors (Lipinski definition) is 0. The molecule has 0 amide bonds. The van der Waals surface area contributed by atoms with Gasteiger partial charge in [-0.05, 0) is 103 Å². The van der Waals surface area contributed by atoms with Crippen LogP contribution >= 0.6 is 0 Å². The van der Waals surface area contributed by atoms with Crippen LogP contribution in [0.15, 0.2) is 60.8 Å². The minimum atomic E-state index is -0.783. The molecule has 6 heteroatoms. The van der Waals surface area contributed by atoms with Gasteiger partial charge in [0.1, 0.15) is 13.2 Å². The smallest absolute Gasteiger partial charge is 0.306 e. The van der Waals surface area contributed by atoms with Crippen molar-refractivity contribution in [1.82, 2.24) is 0 Å². The van der Waals surface area contributed by atoms with E-state index in [4.69, 9.17) is 14.2 Å². The van der Waals surface area contributed by atoms with Crippen LogP contribution in [-0.4, -0.2) is 37.2 Å². The van der Waals surface area contributed by atoms with E-state index in [2.05, 4.69) is 81.5 Å². The fourth-order valence-corrected chi connectivity index (χ4v) is 8.80. The normalized spacial score (nSPS) is 12.4. The maximum absolute atomic E-state index is 12.9. The fourth-order valence-electron chi connectivity index (χ4n) is 8.80. The second-order valence-corrected chi connectivity index (χ2v) is 20.6. The SMILES string of the molecule is CCC/C=C\C/C=C\CCCCCCCC(=O)OCC(COC(=O)CCCCCCCCCCC/C=C\CCCCCCCCCC)OC(=O)CCCCCCCCCCC/C=C\C/C=C\CCCCC. The monoisotopic (exact) mass is 993 g/mol. The highest BCUT2D eigenvalue weighted by Gasteiger charge is 2.19. The average molecular weight is 994 g/mol. The molecule has 1 atom stereocenters. The van der Waals surface area contributed by atoms with Gasteiger partial charge in [0.15, 0.2) is 6.10 Å². The maximum Gasteiger partial charge on any atom is 0.306 e. The largest absolute Gasteiger partial charge is 0.462 e. The summed E-state index contributed by atoms with van der Waals surface area (Å²) in [4.78, 5) is 38.2. The summed E-state index contributed by atoms with van der Waals surface area (Å²) in [5.74, 6) is -0.888. The summed E-state index contributed by atoms with van der Waals surface area (Å²) in [5.41, 5.74) is 0. The standard InChI is InChI=1S/C65H116O6/c1-4-7-10-13-16-19-22-25-27-29-31-32-34-35-37-40-43-46-49-52-55-58-64(67)70-61-62(60-69-63(66)57-54-51-48-45-42-39-24-21-18-15-12-9-6-3)71-65(68)59-56-53-50-47-44-41-38-36-33-30-28-26-23-20-17-14-11-8-5-2/h12,15,17,20-21,24,26,28-29,31,62H,4-11,13-14,16,18-19,22-23,25,27,30,32-61H2,1-3H3/b15-12-,20-17-,24-21-,28-26-,31-29-. The molecule has 0 N–H and O–H groups in total. The first-order valence-corrected chi connectivity index (χ1v) is 30.8. The molecule has 0 saturated heterocycles. The van der Waals surface area contributed by atoms with Crippen LogP contribution in [0.5, 0.6) is 0 Å². The first kappa shape index (κ1) is 68.1. The fraction of sp³-hybridized carbons (Fsp3) is 0.800. The molecule has 1 unspecified atom stereocenters. The Balaban J connectivity index is 4.33. The zero-order chi connectivity index (χ0) is 51.4. The number of ether oxygens (including phenoxy) is 3. The lowest BCUT2D eigenvalue weighted by Gasteiger charge is -2.18. The van der Waals surface area contributed by atoms with Gasteiger partial charge >= 0.3 is 17.9 Å². The van der Waals surface area contributed by atoms with Gasteiger partial charge in [-0.3, -0.25) is 14.4 Å². The molecule has 0 aliphatic rings. The number of hydrogen-bond acceptors (Lipinski definition) is 6. The van der Waals surface area contributed by atoms with Crippen molar-refractivity contribution in [3.8, 4) is 0 Å². The van der Waals surface area contributed by atoms with Crippen molar-refractivity contribution >= 4 is 17.9 Å². The molecule has 0 aromatic carbocycles. The molecular formula is C65H116O6. The number of unbranched alkanes of at least 4 members (excludes halogenated alkanes) is 35. The zero-order valence-corrected chi connectivity index (χ0v) is 47.2. The molecule has 412 valence electrons. The van der Waals surface area contributed by atoms with Gasteiger partial charge in [0.25, 0.3) is 0 Å².